The summed E-state index contributed by atoms with van der Waals surface area (Å²) in [5.74, 6) is 0. The van der Waals surface area contributed by atoms with Gasteiger partial charge in [0, 0.05) is 32.0 Å². The highest BCUT2D eigenvalue weighted by molar-refractivity contribution is 5.86. The van der Waals surface area contributed by atoms with Gasteiger partial charge in [-0.15, -0.1) is 0 Å². The molecule has 0 radical (unpaired) electrons. The molecule has 3 heterocycles. The van der Waals surface area contributed by atoms with E-state index in [0.717, 1.165) is 18.6 Å². The van der Waals surface area contributed by atoms with Crippen molar-refractivity contribution in [1.82, 2.24) is 14.9 Å². The molecule has 1 aliphatic heterocycles. The minimum atomic E-state index is -0.565. The van der Waals surface area contributed by atoms with Crippen LogP contribution in [0.4, 0.5) is 4.79 Å². The van der Waals surface area contributed by atoms with Gasteiger partial charge in [0.2, 0.25) is 5.71 Å². The van der Waals surface area contributed by atoms with Gasteiger partial charge in [0.05, 0.1) is 12.3 Å². The summed E-state index contributed by atoms with van der Waals surface area (Å²) < 4.78 is 10.1. The summed E-state index contributed by atoms with van der Waals surface area (Å²) in [5.41, 5.74) is 0.414. The van der Waals surface area contributed by atoms with Gasteiger partial charge in [-0.25, -0.2) is 9.59 Å². The molecule has 0 aliphatic carbocycles. The first-order valence-electron chi connectivity index (χ1n) is 10.9. The number of aryl methyl sites for hydroxylation is 1. The first-order valence-corrected chi connectivity index (χ1v) is 10.9. The van der Waals surface area contributed by atoms with Crippen molar-refractivity contribution in [2.45, 2.75) is 59.8 Å². The summed E-state index contributed by atoms with van der Waals surface area (Å²) in [6.07, 6.45) is 3.04. The lowest BCUT2D eigenvalue weighted by Gasteiger charge is -2.26. The average molecular weight is 447 g/mol. The lowest BCUT2D eigenvalue weighted by molar-refractivity contribution is 0.107. The van der Waals surface area contributed by atoms with E-state index < -0.39 is 11.2 Å². The number of rotatable bonds is 6. The maximum Gasteiger partial charge on any atom is 0.409 e. The summed E-state index contributed by atoms with van der Waals surface area (Å²) in [6.45, 7) is 9.45. The summed E-state index contributed by atoms with van der Waals surface area (Å²) in [5, 5.41) is 4.30. The second-order valence-electron chi connectivity index (χ2n) is 8.99. The minimum absolute atomic E-state index is 0.0701. The Hall–Kier alpha value is -3.17. The van der Waals surface area contributed by atoms with Gasteiger partial charge in [-0.05, 0) is 37.2 Å². The van der Waals surface area contributed by atoms with E-state index in [-0.39, 0.29) is 28.6 Å². The predicted molar refractivity (Wildman–Crippen MR) is 119 cm³/mol. The molecule has 0 atom stereocenters. The second-order valence-corrected chi connectivity index (χ2v) is 8.99. The van der Waals surface area contributed by atoms with Crippen LogP contribution in [0.2, 0.25) is 0 Å². The van der Waals surface area contributed by atoms with Crippen LogP contribution in [-0.4, -0.2) is 46.4 Å². The molecule has 1 fully saturated rings. The number of likely N-dealkylation sites (tertiary alicyclic amines) is 1. The molecule has 2 aromatic heterocycles. The predicted octanol–water partition coefficient (Wildman–Crippen LogP) is 3.23. The molecule has 1 N–H and O–H groups in total. The van der Waals surface area contributed by atoms with Crippen LogP contribution in [-0.2, 0) is 11.2 Å². The Labute approximate surface area is 185 Å². The van der Waals surface area contributed by atoms with E-state index in [1.54, 1.807) is 11.8 Å². The van der Waals surface area contributed by atoms with E-state index in [2.05, 4.69) is 35.9 Å². The van der Waals surface area contributed by atoms with E-state index in [9.17, 15) is 14.4 Å². The van der Waals surface area contributed by atoms with Gasteiger partial charge in [0.15, 0.2) is 0 Å². The number of nitrogens with one attached hydrogen (secondary N) is 1. The van der Waals surface area contributed by atoms with Crippen molar-refractivity contribution in [3.05, 3.63) is 32.4 Å². The van der Waals surface area contributed by atoms with Crippen LogP contribution in [0.3, 0.4) is 0 Å². The van der Waals surface area contributed by atoms with Crippen molar-refractivity contribution in [3.8, 4) is 6.01 Å². The summed E-state index contributed by atoms with van der Waals surface area (Å²) in [4.78, 5) is 50.0. The maximum atomic E-state index is 12.7. The Morgan fingerprint density at radius 3 is 2.66 bits per heavy atom. The molecular weight excluding hydrogens is 416 g/mol. The van der Waals surface area contributed by atoms with E-state index in [0.29, 0.717) is 44.5 Å². The number of piperidine rings is 1. The largest absolute Gasteiger partial charge is 0.450 e. The number of aromatic nitrogens is 2. The normalized spacial score (nSPS) is 14.5. The average Bonchev–Trinajstić information content (AvgIpc) is 2.71. The van der Waals surface area contributed by atoms with Gasteiger partial charge in [0.25, 0.3) is 5.56 Å². The van der Waals surface area contributed by atoms with Crippen molar-refractivity contribution < 1.29 is 18.8 Å². The van der Waals surface area contributed by atoms with Gasteiger partial charge in [-0.1, -0.05) is 25.9 Å². The van der Waals surface area contributed by atoms with Crippen LogP contribution < -0.4 is 16.0 Å². The highest BCUT2D eigenvalue weighted by Gasteiger charge is 2.21. The van der Waals surface area contributed by atoms with Crippen LogP contribution in [0.1, 0.15) is 58.9 Å². The first kappa shape index (κ1) is 23.5. The molecule has 1 saturated heterocycles. The second kappa shape index (κ2) is 9.97. The number of hydrogen-bond acceptors (Lipinski definition) is 8. The molecule has 0 saturated carbocycles. The molecule has 0 bridgehead atoms. The highest BCUT2D eigenvalue weighted by atomic mass is 16.6. The quantitative estimate of drug-likeness (QED) is 0.675. The number of oxime groups is 1. The zero-order valence-electron chi connectivity index (χ0n) is 19.0. The number of nitrogens with zero attached hydrogens (tertiary/aromatic N) is 3. The fourth-order valence-corrected chi connectivity index (χ4v) is 3.54. The van der Waals surface area contributed by atoms with Gasteiger partial charge >= 0.3 is 17.7 Å². The number of H-pyrrole nitrogens is 1. The molecule has 3 rings (SSSR count). The van der Waals surface area contributed by atoms with Crippen molar-refractivity contribution in [3.63, 3.8) is 0 Å². The third kappa shape index (κ3) is 6.18. The summed E-state index contributed by atoms with van der Waals surface area (Å²) in [6, 6.07) is 1.19. The van der Waals surface area contributed by atoms with E-state index in [1.807, 2.05) is 0 Å². The molecule has 2 aromatic rings. The highest BCUT2D eigenvalue weighted by Crippen LogP contribution is 2.23. The van der Waals surface area contributed by atoms with Gasteiger partial charge in [-0.3, -0.25) is 9.78 Å². The standard InChI is InChI=1S/C22H30N4O6/c1-5-30-21(29)26-11-8-15(9-12-26)25-32-20-23-18(28)17-14(7-6-10-22(2,3)4)13-16(27)31-19(17)24-20/h13H,5-12H2,1-4H3,(H,23,24,28). The fourth-order valence-electron chi connectivity index (χ4n) is 3.54. The summed E-state index contributed by atoms with van der Waals surface area (Å²) in [7, 11) is 0. The number of carbonyl (C=O) groups is 1. The van der Waals surface area contributed by atoms with Crippen molar-refractivity contribution in [2.24, 2.45) is 10.6 Å². The van der Waals surface area contributed by atoms with E-state index in [4.69, 9.17) is 14.0 Å². The van der Waals surface area contributed by atoms with Crippen LogP contribution in [0.5, 0.6) is 6.01 Å². The molecule has 32 heavy (non-hydrogen) atoms. The lowest BCUT2D eigenvalue weighted by Crippen LogP contribution is -2.39. The molecule has 1 amide bonds. The Kier molecular flexibility index (Phi) is 7.32. The topological polar surface area (TPSA) is 127 Å². The molecule has 0 spiro atoms. The SMILES string of the molecule is CCOC(=O)N1CCC(=NOc2nc3oc(=O)cc(CCCC(C)(C)C)c3c(=O)[nH]2)CC1. The number of fused-ring (bicyclic) bond motifs is 1. The monoisotopic (exact) mass is 446 g/mol. The third-order valence-electron chi connectivity index (χ3n) is 5.18. The number of ether oxygens (including phenoxy) is 1. The van der Waals surface area contributed by atoms with Crippen LogP contribution in [0, 0.1) is 5.41 Å². The van der Waals surface area contributed by atoms with E-state index >= 15 is 0 Å². The van der Waals surface area contributed by atoms with Crippen molar-refractivity contribution in [1.29, 1.82) is 0 Å². The molecule has 0 unspecified atom stereocenters. The van der Waals surface area contributed by atoms with Crippen molar-refractivity contribution in [2.75, 3.05) is 19.7 Å². The zero-order valence-corrected chi connectivity index (χ0v) is 19.0. The molecule has 174 valence electrons. The smallest absolute Gasteiger partial charge is 0.409 e. The lowest BCUT2D eigenvalue weighted by atomic mass is 9.89. The number of hydrogen-bond donors (Lipinski definition) is 1. The van der Waals surface area contributed by atoms with Crippen LogP contribution in [0.15, 0.2) is 25.2 Å². The summed E-state index contributed by atoms with van der Waals surface area (Å²) >= 11 is 0. The minimum Gasteiger partial charge on any atom is -0.450 e. The van der Waals surface area contributed by atoms with Gasteiger partial charge in [-0.2, -0.15) is 4.98 Å². The Morgan fingerprint density at radius 1 is 1.28 bits per heavy atom. The van der Waals surface area contributed by atoms with Gasteiger partial charge in [0.1, 0.15) is 5.39 Å². The molecular formula is C22H30N4O6. The van der Waals surface area contributed by atoms with E-state index in [1.165, 1.54) is 6.07 Å². The zero-order chi connectivity index (χ0) is 23.3. The first-order chi connectivity index (χ1) is 15.2. The molecule has 1 aliphatic rings. The van der Waals surface area contributed by atoms with Crippen LogP contribution >= 0.6 is 0 Å². The Balaban J connectivity index is 1.73. The fraction of sp³-hybridized carbons (Fsp3) is 0.591. The van der Waals surface area contributed by atoms with Gasteiger partial charge < -0.3 is 18.9 Å². The third-order valence-corrected chi connectivity index (χ3v) is 5.18. The molecule has 0 aromatic carbocycles. The number of amides is 1. The number of carbonyl (C=O) groups excluding carboxylic acids is 1. The molecule has 10 nitrogen and oxygen atoms in total. The van der Waals surface area contributed by atoms with Crippen LogP contribution in [0.25, 0.3) is 11.1 Å². The Bertz CT molecular complexity index is 1100. The Morgan fingerprint density at radius 2 is 2.00 bits per heavy atom. The molecule has 10 heteroatoms. The maximum absolute atomic E-state index is 12.7. The van der Waals surface area contributed by atoms with Crippen molar-refractivity contribution >= 4 is 22.9 Å². The number of aromatic amines is 1.